The number of fused-ring (bicyclic) bond motifs is 1. The van der Waals surface area contributed by atoms with Crippen molar-refractivity contribution in [3.63, 3.8) is 0 Å². The summed E-state index contributed by atoms with van der Waals surface area (Å²) < 4.78 is 20.2. The van der Waals surface area contributed by atoms with Crippen molar-refractivity contribution < 1.29 is 18.7 Å². The maximum absolute atomic E-state index is 13.3. The molecule has 2 heterocycles. The Balaban J connectivity index is 1.62. The predicted molar refractivity (Wildman–Crippen MR) is 111 cm³/mol. The van der Waals surface area contributed by atoms with Gasteiger partial charge in [0.05, 0.1) is 18.7 Å². The molecule has 7 nitrogen and oxygen atoms in total. The van der Waals surface area contributed by atoms with Gasteiger partial charge in [0.1, 0.15) is 23.4 Å². The van der Waals surface area contributed by atoms with E-state index in [1.807, 2.05) is 13.8 Å². The Hall–Kier alpha value is -3.68. The van der Waals surface area contributed by atoms with E-state index in [0.29, 0.717) is 40.7 Å². The molecule has 0 bridgehead atoms. The van der Waals surface area contributed by atoms with Crippen LogP contribution >= 0.6 is 0 Å². The fourth-order valence-corrected chi connectivity index (χ4v) is 3.45. The Morgan fingerprint density at radius 1 is 1.23 bits per heavy atom. The second kappa shape index (κ2) is 7.98. The zero-order valence-corrected chi connectivity index (χ0v) is 16.6. The molecule has 2 aromatic carbocycles. The summed E-state index contributed by atoms with van der Waals surface area (Å²) in [4.78, 5) is 25.2. The molecule has 0 saturated carbocycles. The molecular weight excluding hydrogens is 387 g/mol. The Labute approximate surface area is 172 Å². The topological polar surface area (TPSA) is 85.2 Å². The van der Waals surface area contributed by atoms with Crippen molar-refractivity contribution in [3.05, 3.63) is 59.9 Å². The number of carbonyl (C=O) groups is 2. The minimum Gasteiger partial charge on any atom is -0.494 e. The number of halogens is 1. The molecule has 0 radical (unpaired) electrons. The molecule has 30 heavy (non-hydrogen) atoms. The molecule has 154 valence electrons. The van der Waals surface area contributed by atoms with Gasteiger partial charge in [0.15, 0.2) is 0 Å². The van der Waals surface area contributed by atoms with Gasteiger partial charge in [-0.15, -0.1) is 0 Å². The lowest BCUT2D eigenvalue weighted by Gasteiger charge is -2.24. The van der Waals surface area contributed by atoms with E-state index in [4.69, 9.17) is 4.74 Å². The minimum atomic E-state index is -0.798. The normalized spacial score (nSPS) is 15.3. The van der Waals surface area contributed by atoms with E-state index in [2.05, 4.69) is 15.7 Å². The van der Waals surface area contributed by atoms with Crippen molar-refractivity contribution in [2.45, 2.75) is 26.3 Å². The predicted octanol–water partition coefficient (Wildman–Crippen LogP) is 3.92. The molecule has 1 aliphatic rings. The Bertz CT molecular complexity index is 1090. The van der Waals surface area contributed by atoms with Crippen LogP contribution in [0.3, 0.4) is 0 Å². The van der Waals surface area contributed by atoms with Crippen molar-refractivity contribution in [1.82, 2.24) is 9.78 Å². The van der Waals surface area contributed by atoms with Gasteiger partial charge in [0.2, 0.25) is 11.8 Å². The van der Waals surface area contributed by atoms with Gasteiger partial charge in [-0.1, -0.05) is 0 Å². The molecule has 0 aliphatic carbocycles. The zero-order valence-electron chi connectivity index (χ0n) is 16.6. The molecule has 3 aromatic rings. The molecular formula is C22H21FN4O3. The molecule has 0 spiro atoms. The lowest BCUT2D eigenvalue weighted by molar-refractivity contribution is -0.125. The summed E-state index contributed by atoms with van der Waals surface area (Å²) in [6.07, 6.45) is -0.0279. The van der Waals surface area contributed by atoms with Crippen molar-refractivity contribution in [3.8, 4) is 17.0 Å². The van der Waals surface area contributed by atoms with Gasteiger partial charge in [-0.3, -0.25) is 9.59 Å². The Morgan fingerprint density at radius 2 is 1.93 bits per heavy atom. The quantitative estimate of drug-likeness (QED) is 0.670. The number of nitrogens with zero attached hydrogens (tertiary/aromatic N) is 2. The standard InChI is InChI=1S/C22H21FN4O3/c1-3-30-17-10-8-16(9-11-17)24-22(29)18-12-19(28)25-21-13(2)20(26-27(18)21)14-4-6-15(23)7-5-14/h4-11,18H,3,12H2,1-2H3,(H,24,29)(H,25,28)/t18-/m1/s1. The van der Waals surface area contributed by atoms with Crippen molar-refractivity contribution in [1.29, 1.82) is 0 Å². The molecule has 0 unspecified atom stereocenters. The first-order valence-electron chi connectivity index (χ1n) is 9.65. The fraction of sp³-hybridized carbons (Fsp3) is 0.227. The van der Waals surface area contributed by atoms with E-state index in [9.17, 15) is 14.0 Å². The Morgan fingerprint density at radius 3 is 2.60 bits per heavy atom. The molecule has 2 amide bonds. The second-order valence-electron chi connectivity index (χ2n) is 6.99. The molecule has 4 rings (SSSR count). The van der Waals surface area contributed by atoms with Gasteiger partial charge in [0.25, 0.3) is 0 Å². The van der Waals surface area contributed by atoms with Crippen molar-refractivity contribution >= 4 is 23.3 Å². The van der Waals surface area contributed by atoms with E-state index in [-0.39, 0.29) is 24.1 Å². The van der Waals surface area contributed by atoms with Crippen LogP contribution in [0.15, 0.2) is 48.5 Å². The van der Waals surface area contributed by atoms with Crippen LogP contribution in [0.25, 0.3) is 11.3 Å². The highest BCUT2D eigenvalue weighted by molar-refractivity contribution is 6.02. The van der Waals surface area contributed by atoms with Gasteiger partial charge in [-0.05, 0) is 62.4 Å². The first-order chi connectivity index (χ1) is 14.5. The summed E-state index contributed by atoms with van der Waals surface area (Å²) in [7, 11) is 0. The maximum Gasteiger partial charge on any atom is 0.249 e. The van der Waals surface area contributed by atoms with Crippen molar-refractivity contribution in [2.24, 2.45) is 0 Å². The second-order valence-corrected chi connectivity index (χ2v) is 6.99. The summed E-state index contributed by atoms with van der Waals surface area (Å²) in [5.74, 6) is 0.228. The smallest absolute Gasteiger partial charge is 0.249 e. The number of amides is 2. The number of aromatic nitrogens is 2. The largest absolute Gasteiger partial charge is 0.494 e. The zero-order chi connectivity index (χ0) is 21.3. The molecule has 8 heteroatoms. The number of hydrogen-bond acceptors (Lipinski definition) is 4. The number of hydrogen-bond donors (Lipinski definition) is 2. The highest BCUT2D eigenvalue weighted by Crippen LogP contribution is 2.34. The molecule has 0 saturated heterocycles. The van der Waals surface area contributed by atoms with Crippen LogP contribution in [0.4, 0.5) is 15.9 Å². The average molecular weight is 408 g/mol. The summed E-state index contributed by atoms with van der Waals surface area (Å²) >= 11 is 0. The van der Waals surface area contributed by atoms with Crippen LogP contribution in [0.1, 0.15) is 24.9 Å². The molecule has 0 fully saturated rings. The first-order valence-corrected chi connectivity index (χ1v) is 9.65. The van der Waals surface area contributed by atoms with Crippen LogP contribution < -0.4 is 15.4 Å². The minimum absolute atomic E-state index is 0.0279. The summed E-state index contributed by atoms with van der Waals surface area (Å²) in [6.45, 7) is 4.26. The number of carbonyl (C=O) groups excluding carboxylic acids is 2. The fourth-order valence-electron chi connectivity index (χ4n) is 3.45. The van der Waals surface area contributed by atoms with Gasteiger partial charge in [-0.2, -0.15) is 5.10 Å². The van der Waals surface area contributed by atoms with Crippen LogP contribution in [0.2, 0.25) is 0 Å². The van der Waals surface area contributed by atoms with Gasteiger partial charge in [0, 0.05) is 16.8 Å². The summed E-state index contributed by atoms with van der Waals surface area (Å²) in [5, 5.41) is 10.2. The maximum atomic E-state index is 13.3. The highest BCUT2D eigenvalue weighted by atomic mass is 19.1. The third-order valence-corrected chi connectivity index (χ3v) is 4.93. The van der Waals surface area contributed by atoms with Crippen LogP contribution in [-0.4, -0.2) is 28.2 Å². The summed E-state index contributed by atoms with van der Waals surface area (Å²) in [5.41, 5.74) is 2.61. The molecule has 1 aliphatic heterocycles. The first kappa shape index (κ1) is 19.6. The SMILES string of the molecule is CCOc1ccc(NC(=O)[C@H]2CC(=O)Nc3c(C)c(-c4ccc(F)cc4)nn32)cc1. The highest BCUT2D eigenvalue weighted by Gasteiger charge is 2.34. The molecule has 2 N–H and O–H groups in total. The average Bonchev–Trinajstić information content (AvgIpc) is 3.06. The van der Waals surface area contributed by atoms with Crippen molar-refractivity contribution in [2.75, 3.05) is 17.2 Å². The molecule has 1 atom stereocenters. The van der Waals surface area contributed by atoms with E-state index < -0.39 is 6.04 Å². The van der Waals surface area contributed by atoms with Crippen LogP contribution in [0.5, 0.6) is 5.75 Å². The third kappa shape index (κ3) is 3.76. The van der Waals surface area contributed by atoms with E-state index in [0.717, 1.165) is 0 Å². The number of nitrogens with one attached hydrogen (secondary N) is 2. The summed E-state index contributed by atoms with van der Waals surface area (Å²) in [6, 6.07) is 12.2. The third-order valence-electron chi connectivity index (χ3n) is 4.93. The number of rotatable bonds is 5. The van der Waals surface area contributed by atoms with Crippen LogP contribution in [0, 0.1) is 12.7 Å². The van der Waals surface area contributed by atoms with Gasteiger partial charge in [-0.25, -0.2) is 9.07 Å². The number of benzene rings is 2. The Kier molecular flexibility index (Phi) is 5.22. The monoisotopic (exact) mass is 408 g/mol. The number of anilines is 2. The lowest BCUT2D eigenvalue weighted by Crippen LogP contribution is -2.35. The van der Waals surface area contributed by atoms with E-state index in [1.54, 1.807) is 36.4 Å². The van der Waals surface area contributed by atoms with Crippen LogP contribution in [-0.2, 0) is 9.59 Å². The van der Waals surface area contributed by atoms with E-state index >= 15 is 0 Å². The number of ether oxygens (including phenoxy) is 1. The van der Waals surface area contributed by atoms with Gasteiger partial charge >= 0.3 is 0 Å². The van der Waals surface area contributed by atoms with E-state index in [1.165, 1.54) is 16.8 Å². The molecule has 1 aromatic heterocycles. The van der Waals surface area contributed by atoms with Gasteiger partial charge < -0.3 is 15.4 Å². The lowest BCUT2D eigenvalue weighted by atomic mass is 10.1.